The molecule has 3 saturated heterocycles. The largest absolute Gasteiger partial charge is 0.593 e. The highest BCUT2D eigenvalue weighted by atomic mass is 32.3. The van der Waals surface area contributed by atoms with Gasteiger partial charge in [0.25, 0.3) is 0 Å². The highest BCUT2D eigenvalue weighted by Gasteiger charge is 2.40. The smallest absolute Gasteiger partial charge is 0.416 e. The number of nitrogens with zero attached hydrogens (tertiary/aromatic N) is 3. The van der Waals surface area contributed by atoms with Crippen LogP contribution in [0.5, 0.6) is 0 Å². The van der Waals surface area contributed by atoms with E-state index in [1.165, 1.54) is 0 Å². The van der Waals surface area contributed by atoms with Crippen molar-refractivity contribution in [3.63, 3.8) is 0 Å². The summed E-state index contributed by atoms with van der Waals surface area (Å²) in [6.45, 7) is 2.15. The van der Waals surface area contributed by atoms with Crippen LogP contribution in [-0.4, -0.2) is 76.0 Å². The number of piperidine rings is 2. The molecule has 0 aromatic heterocycles. The van der Waals surface area contributed by atoms with E-state index in [2.05, 4.69) is 0 Å². The van der Waals surface area contributed by atoms with Crippen LogP contribution >= 0.6 is 0 Å². The maximum absolute atomic E-state index is 13.0. The first kappa shape index (κ1) is 24.0. The number of benzene rings is 1. The number of carbonyl (C=O) groups is 2. The average Bonchev–Trinajstić information content (AvgIpc) is 3.24. The van der Waals surface area contributed by atoms with Crippen molar-refractivity contribution in [2.45, 2.75) is 42.8 Å². The Labute approximate surface area is 191 Å². The number of amides is 2. The Morgan fingerprint density at radius 2 is 1.73 bits per heavy atom. The molecule has 0 spiro atoms. The minimum atomic E-state index is -4.63. The third-order valence-electron chi connectivity index (χ3n) is 6.61. The van der Waals surface area contributed by atoms with Crippen molar-refractivity contribution >= 4 is 22.4 Å². The number of halogens is 3. The lowest BCUT2D eigenvalue weighted by molar-refractivity contribution is -0.138. The minimum Gasteiger partial charge on any atom is -0.593 e. The monoisotopic (exact) mass is 489 g/mol. The summed E-state index contributed by atoms with van der Waals surface area (Å²) in [6, 6.07) is 3.77. The number of hydrogen-bond donors (Lipinski definition) is 0. The van der Waals surface area contributed by atoms with Gasteiger partial charge in [0.05, 0.1) is 12.1 Å². The van der Waals surface area contributed by atoms with Crippen molar-refractivity contribution in [3.8, 4) is 0 Å². The van der Waals surface area contributed by atoms with E-state index in [4.69, 9.17) is 4.74 Å². The summed E-state index contributed by atoms with van der Waals surface area (Å²) >= 11 is 0. The normalized spacial score (nSPS) is 23.5. The quantitative estimate of drug-likeness (QED) is 0.607. The Kier molecular flexibility index (Phi) is 6.70. The van der Waals surface area contributed by atoms with Gasteiger partial charge >= 0.3 is 12.3 Å². The Morgan fingerprint density at radius 3 is 2.30 bits per heavy atom. The van der Waals surface area contributed by atoms with Crippen molar-refractivity contribution in [2.24, 2.45) is 5.92 Å². The van der Waals surface area contributed by atoms with E-state index in [9.17, 15) is 31.5 Å². The number of sulfonamides is 1. The van der Waals surface area contributed by atoms with E-state index >= 15 is 0 Å². The van der Waals surface area contributed by atoms with Gasteiger partial charge in [-0.25, -0.2) is 4.79 Å². The Balaban J connectivity index is 1.32. The Morgan fingerprint density at radius 1 is 1.06 bits per heavy atom. The molecule has 2 amide bonds. The van der Waals surface area contributed by atoms with Crippen LogP contribution in [0.2, 0.25) is 0 Å². The molecule has 0 saturated carbocycles. The summed E-state index contributed by atoms with van der Waals surface area (Å²) in [4.78, 5) is 27.8. The summed E-state index contributed by atoms with van der Waals surface area (Å²) in [6.07, 6.45) is -2.97. The zero-order valence-electron chi connectivity index (χ0n) is 18.0. The number of likely N-dealkylation sites (tertiary alicyclic amines) is 1. The molecule has 182 valence electrons. The van der Waals surface area contributed by atoms with Crippen molar-refractivity contribution in [3.05, 3.63) is 29.8 Å². The number of cyclic esters (lactones) is 1. The predicted octanol–water partition coefficient (Wildman–Crippen LogP) is 2.76. The molecule has 0 radical (unpaired) electrons. The summed E-state index contributed by atoms with van der Waals surface area (Å²) in [7, 11) is -4.08. The molecule has 1 unspecified atom stereocenters. The van der Waals surface area contributed by atoms with Crippen LogP contribution in [-0.2, 0) is 30.3 Å². The molecule has 3 fully saturated rings. The maximum Gasteiger partial charge on any atom is 0.416 e. The van der Waals surface area contributed by atoms with Gasteiger partial charge in [-0.2, -0.15) is 13.2 Å². The van der Waals surface area contributed by atoms with Gasteiger partial charge in [0.1, 0.15) is 6.61 Å². The van der Waals surface area contributed by atoms with Crippen LogP contribution < -0.4 is 0 Å². The van der Waals surface area contributed by atoms with Crippen LogP contribution in [0.1, 0.15) is 31.2 Å². The molecule has 0 bridgehead atoms. The third-order valence-corrected chi connectivity index (χ3v) is 8.51. The average molecular weight is 490 g/mol. The second-order valence-corrected chi connectivity index (χ2v) is 10.5. The van der Waals surface area contributed by atoms with E-state index < -0.39 is 27.0 Å². The molecule has 3 aliphatic rings. The van der Waals surface area contributed by atoms with Gasteiger partial charge < -0.3 is 19.1 Å². The summed E-state index contributed by atoms with van der Waals surface area (Å²) < 4.78 is 70.7. The van der Waals surface area contributed by atoms with Crippen LogP contribution in [0.4, 0.5) is 18.0 Å². The fourth-order valence-corrected chi connectivity index (χ4v) is 6.23. The van der Waals surface area contributed by atoms with E-state index in [1.807, 2.05) is 0 Å². The number of alkyl halides is 3. The molecule has 1 aromatic rings. The lowest BCUT2D eigenvalue weighted by atomic mass is 9.94. The van der Waals surface area contributed by atoms with Crippen molar-refractivity contribution in [2.75, 3.05) is 39.3 Å². The molecule has 3 aliphatic heterocycles. The van der Waals surface area contributed by atoms with Gasteiger partial charge in [-0.3, -0.25) is 4.79 Å². The van der Waals surface area contributed by atoms with Crippen LogP contribution in [0.15, 0.2) is 29.2 Å². The van der Waals surface area contributed by atoms with Crippen LogP contribution in [0, 0.1) is 5.92 Å². The fraction of sp³-hybridized carbons (Fsp3) is 0.619. The van der Waals surface area contributed by atoms with E-state index in [1.54, 1.807) is 9.80 Å². The molecule has 1 atom stereocenters. The number of rotatable bonds is 4. The second-order valence-electron chi connectivity index (χ2n) is 8.57. The predicted molar refractivity (Wildman–Crippen MR) is 110 cm³/mol. The standard InChI is InChI=1S/C21H26F3N3O5S/c22-21(23,24)16-2-1-3-18(14-16)33(30,31)26-10-4-15(5-11-26)19(28)25-8-6-17(7-9-25)27-12-13-32-20(27)29/h1-3,14-15,17H,4-13H2. The Bertz CT molecular complexity index is 943. The van der Waals surface area contributed by atoms with Crippen molar-refractivity contribution in [1.82, 2.24) is 14.1 Å². The second kappa shape index (κ2) is 9.22. The SMILES string of the molecule is O=C(C1CCN([S+](=O)([O-])c2cccc(C(F)(F)F)c2)CC1)N1CCC(N2CCOC2=O)CC1. The van der Waals surface area contributed by atoms with Crippen molar-refractivity contribution in [1.29, 1.82) is 0 Å². The molecule has 0 N–H and O–H groups in total. The van der Waals surface area contributed by atoms with Crippen LogP contribution in [0.3, 0.4) is 0 Å². The van der Waals surface area contributed by atoms with E-state index in [0.29, 0.717) is 58.0 Å². The van der Waals surface area contributed by atoms with Gasteiger partial charge in [0.15, 0.2) is 15.3 Å². The minimum absolute atomic E-state index is 0.0337. The van der Waals surface area contributed by atoms with E-state index in [0.717, 1.165) is 22.5 Å². The first-order valence-electron chi connectivity index (χ1n) is 11.0. The Hall–Kier alpha value is -2.18. The topological polar surface area (TPSA) is 93.2 Å². The van der Waals surface area contributed by atoms with Crippen molar-refractivity contribution < 1.29 is 36.3 Å². The number of ether oxygens (including phenoxy) is 1. The first-order valence-corrected chi connectivity index (χ1v) is 12.4. The number of hydrogen-bond acceptors (Lipinski definition) is 5. The van der Waals surface area contributed by atoms with Gasteiger partial charge in [0.2, 0.25) is 5.91 Å². The van der Waals surface area contributed by atoms with Gasteiger partial charge in [-0.05, 0) is 37.8 Å². The molecule has 0 aliphatic carbocycles. The molecule has 33 heavy (non-hydrogen) atoms. The van der Waals surface area contributed by atoms with Gasteiger partial charge in [-0.15, -0.1) is 4.31 Å². The van der Waals surface area contributed by atoms with E-state index in [-0.39, 0.29) is 37.0 Å². The molecule has 8 nitrogen and oxygen atoms in total. The van der Waals surface area contributed by atoms with Gasteiger partial charge in [0, 0.05) is 44.2 Å². The molecular formula is C21H26F3N3O5S. The third kappa shape index (κ3) is 5.02. The maximum atomic E-state index is 13.0. The lowest BCUT2D eigenvalue weighted by Gasteiger charge is -2.39. The fourth-order valence-electron chi connectivity index (χ4n) is 4.72. The van der Waals surface area contributed by atoms with Crippen LogP contribution in [0.25, 0.3) is 0 Å². The zero-order valence-corrected chi connectivity index (χ0v) is 18.8. The van der Waals surface area contributed by atoms with Gasteiger partial charge in [-0.1, -0.05) is 10.3 Å². The molecule has 12 heteroatoms. The molecule has 3 heterocycles. The highest BCUT2D eigenvalue weighted by molar-refractivity contribution is 7.95. The highest BCUT2D eigenvalue weighted by Crippen LogP contribution is 2.34. The lowest BCUT2D eigenvalue weighted by Crippen LogP contribution is -2.50. The first-order chi connectivity index (χ1) is 15.6. The molecule has 1 aromatic carbocycles. The summed E-state index contributed by atoms with van der Waals surface area (Å²) in [5.41, 5.74) is -1.01. The summed E-state index contributed by atoms with van der Waals surface area (Å²) in [5, 5.41) is 0. The summed E-state index contributed by atoms with van der Waals surface area (Å²) in [5.74, 6) is -0.361. The molecule has 4 rings (SSSR count). The zero-order chi connectivity index (χ0) is 23.8. The molecular weight excluding hydrogens is 463 g/mol. The number of carbonyl (C=O) groups excluding carboxylic acids is 2.